The first-order chi connectivity index (χ1) is 29.6. The molecule has 6 bridgehead atoms. The standard InChI is InChI=1S/C54H35ClN2O2Si/c55-54-48-24-13-25-49(54)57(39-29-31-47-45-23-8-10-27-51(45)59-53(47)35-39)37-15-12-21-43(33-37)60(40-16-3-1-4-17-40,41-18-5-2-6-19-41)42-20-11-14-36(32-42)56(48)38-28-30-46-44-22-7-9-26-50(44)58-52(46)34-38/h1-35H. The van der Waals surface area contributed by atoms with Crippen LogP contribution in [0.3, 0.4) is 0 Å². The lowest BCUT2D eigenvalue weighted by Crippen LogP contribution is -2.74. The summed E-state index contributed by atoms with van der Waals surface area (Å²) in [6, 6.07) is 76.1. The molecule has 0 saturated carbocycles. The van der Waals surface area contributed by atoms with Gasteiger partial charge >= 0.3 is 0 Å². The fraction of sp³-hybridized carbons (Fsp3) is 0. The van der Waals surface area contributed by atoms with E-state index >= 15 is 0 Å². The lowest BCUT2D eigenvalue weighted by atomic mass is 10.1. The molecule has 0 N–H and O–H groups in total. The molecule has 12 rings (SSSR count). The largest absolute Gasteiger partial charge is 0.456 e. The van der Waals surface area contributed by atoms with E-state index in [1.165, 1.54) is 20.7 Å². The van der Waals surface area contributed by atoms with Crippen LogP contribution in [0.4, 0.5) is 34.1 Å². The molecule has 0 radical (unpaired) electrons. The van der Waals surface area contributed by atoms with Crippen LogP contribution >= 0.6 is 11.6 Å². The second-order valence-electron chi connectivity index (χ2n) is 15.4. The summed E-state index contributed by atoms with van der Waals surface area (Å²) in [5, 5.41) is 10.0. The fourth-order valence-electron chi connectivity index (χ4n) is 9.55. The highest BCUT2D eigenvalue weighted by molar-refractivity contribution is 7.20. The van der Waals surface area contributed by atoms with Crippen LogP contribution in [-0.4, -0.2) is 8.07 Å². The second kappa shape index (κ2) is 13.6. The minimum absolute atomic E-state index is 0.609. The van der Waals surface area contributed by atoms with Crippen molar-refractivity contribution in [2.45, 2.75) is 0 Å². The van der Waals surface area contributed by atoms with Gasteiger partial charge in [0.25, 0.3) is 0 Å². The topological polar surface area (TPSA) is 32.8 Å². The lowest BCUT2D eigenvalue weighted by molar-refractivity contribution is 0.668. The van der Waals surface area contributed by atoms with E-state index in [0.29, 0.717) is 5.02 Å². The molecule has 3 heterocycles. The maximum absolute atomic E-state index is 7.84. The summed E-state index contributed by atoms with van der Waals surface area (Å²) in [7, 11) is -3.01. The summed E-state index contributed by atoms with van der Waals surface area (Å²) in [6.45, 7) is 0. The Kier molecular flexibility index (Phi) is 7.89. The summed E-state index contributed by atoms with van der Waals surface area (Å²) in [5.41, 5.74) is 8.92. The van der Waals surface area contributed by atoms with E-state index in [1.54, 1.807) is 0 Å². The number of furan rings is 2. The number of anilines is 6. The zero-order valence-electron chi connectivity index (χ0n) is 32.3. The normalized spacial score (nSPS) is 13.5. The predicted octanol–water partition coefficient (Wildman–Crippen LogP) is 12.8. The van der Waals surface area contributed by atoms with Crippen molar-refractivity contribution in [1.29, 1.82) is 0 Å². The molecule has 6 heteroatoms. The average Bonchev–Trinajstić information content (AvgIpc) is 3.87. The van der Waals surface area contributed by atoms with Crippen LogP contribution in [-0.2, 0) is 0 Å². The molecule has 11 aromatic rings. The van der Waals surface area contributed by atoms with Crippen molar-refractivity contribution >= 4 is 118 Å². The van der Waals surface area contributed by atoms with E-state index in [0.717, 1.165) is 78.0 Å². The highest BCUT2D eigenvalue weighted by atomic mass is 35.5. The molecule has 0 spiro atoms. The van der Waals surface area contributed by atoms with Crippen molar-refractivity contribution < 1.29 is 8.83 Å². The Balaban J connectivity index is 1.19. The summed E-state index contributed by atoms with van der Waals surface area (Å²) < 4.78 is 13.0. The number of hydrogen-bond acceptors (Lipinski definition) is 4. The number of rotatable bonds is 4. The van der Waals surface area contributed by atoms with Crippen LogP contribution in [0.2, 0.25) is 5.02 Å². The molecule has 0 aliphatic carbocycles. The Morgan fingerprint density at radius 2 is 0.700 bits per heavy atom. The number of para-hydroxylation sites is 2. The van der Waals surface area contributed by atoms with E-state index in [-0.39, 0.29) is 0 Å². The van der Waals surface area contributed by atoms with Crippen LogP contribution in [0.5, 0.6) is 0 Å². The first-order valence-corrected chi connectivity index (χ1v) is 22.6. The molecule has 9 aromatic carbocycles. The van der Waals surface area contributed by atoms with Gasteiger partial charge in [-0.3, -0.25) is 0 Å². The quantitative estimate of drug-likeness (QED) is 0.166. The number of hydrogen-bond donors (Lipinski definition) is 0. The molecular formula is C54H35ClN2O2Si. The molecule has 60 heavy (non-hydrogen) atoms. The van der Waals surface area contributed by atoms with Gasteiger partial charge in [-0.2, -0.15) is 0 Å². The number of nitrogens with zero attached hydrogens (tertiary/aromatic N) is 2. The van der Waals surface area contributed by atoms with E-state index < -0.39 is 8.07 Å². The first-order valence-electron chi connectivity index (χ1n) is 20.2. The van der Waals surface area contributed by atoms with Gasteiger partial charge in [0.2, 0.25) is 0 Å². The van der Waals surface area contributed by atoms with Gasteiger partial charge in [-0.25, -0.2) is 0 Å². The van der Waals surface area contributed by atoms with Crippen LogP contribution in [0.15, 0.2) is 221 Å². The Morgan fingerprint density at radius 1 is 0.317 bits per heavy atom. The van der Waals surface area contributed by atoms with E-state index in [1.807, 2.05) is 24.3 Å². The Hall–Kier alpha value is -7.31. The molecule has 0 atom stereocenters. The number of fused-ring (bicyclic) bond motifs is 12. The lowest BCUT2D eigenvalue weighted by Gasteiger charge is -2.37. The maximum atomic E-state index is 7.84. The summed E-state index contributed by atoms with van der Waals surface area (Å²) in [6.07, 6.45) is 0. The van der Waals surface area contributed by atoms with Gasteiger partial charge in [0.05, 0.1) is 16.4 Å². The number of halogens is 1. The Bertz CT molecular complexity index is 3210. The molecule has 284 valence electrons. The molecule has 1 aliphatic rings. The van der Waals surface area contributed by atoms with Crippen molar-refractivity contribution in [2.24, 2.45) is 0 Å². The van der Waals surface area contributed by atoms with Crippen molar-refractivity contribution in [2.75, 3.05) is 9.80 Å². The third kappa shape index (κ3) is 5.23. The van der Waals surface area contributed by atoms with Gasteiger partial charge in [0, 0.05) is 56.4 Å². The maximum Gasteiger partial charge on any atom is 0.179 e. The van der Waals surface area contributed by atoms with Crippen molar-refractivity contribution in [3.05, 3.63) is 217 Å². The smallest absolute Gasteiger partial charge is 0.179 e. The van der Waals surface area contributed by atoms with Crippen LogP contribution in [0.25, 0.3) is 43.9 Å². The highest BCUT2D eigenvalue weighted by Crippen LogP contribution is 2.48. The Labute approximate surface area is 352 Å². The van der Waals surface area contributed by atoms with Crippen molar-refractivity contribution in [1.82, 2.24) is 0 Å². The summed E-state index contributed by atoms with van der Waals surface area (Å²) in [5.74, 6) is 0. The summed E-state index contributed by atoms with van der Waals surface area (Å²) >= 11 is 7.84. The van der Waals surface area contributed by atoms with E-state index in [9.17, 15) is 0 Å². The first kappa shape index (κ1) is 34.7. The molecule has 2 aromatic heterocycles. The SMILES string of the molecule is Clc1c2cccc1N(c1ccc3c(c1)oc1ccccc13)c1cccc(c1)[Si](c1ccccc1)(c1ccccc1)c1cccc(c1)N2c1ccc2c(c1)oc1ccccc12. The third-order valence-corrected chi connectivity index (χ3v) is 17.3. The zero-order valence-corrected chi connectivity index (χ0v) is 34.1. The Morgan fingerprint density at radius 3 is 1.18 bits per heavy atom. The molecule has 0 fully saturated rings. The molecule has 0 amide bonds. The van der Waals surface area contributed by atoms with Crippen LogP contribution in [0, 0.1) is 0 Å². The fourth-order valence-corrected chi connectivity index (χ4v) is 14.6. The van der Waals surface area contributed by atoms with Gasteiger partial charge in [-0.05, 0) is 93.5 Å². The van der Waals surface area contributed by atoms with Gasteiger partial charge in [-0.1, -0.05) is 139 Å². The van der Waals surface area contributed by atoms with E-state index in [2.05, 4.69) is 198 Å². The highest BCUT2D eigenvalue weighted by Gasteiger charge is 2.42. The molecule has 0 saturated heterocycles. The molecule has 1 aliphatic heterocycles. The van der Waals surface area contributed by atoms with Crippen molar-refractivity contribution in [3.63, 3.8) is 0 Å². The average molecular weight is 807 g/mol. The van der Waals surface area contributed by atoms with Gasteiger partial charge < -0.3 is 18.6 Å². The predicted molar refractivity (Wildman–Crippen MR) is 253 cm³/mol. The summed E-state index contributed by atoms with van der Waals surface area (Å²) in [4.78, 5) is 4.57. The van der Waals surface area contributed by atoms with Gasteiger partial charge in [-0.15, -0.1) is 0 Å². The number of benzene rings is 9. The molecule has 0 unspecified atom stereocenters. The molecular weight excluding hydrogens is 772 g/mol. The van der Waals surface area contributed by atoms with Crippen molar-refractivity contribution in [3.8, 4) is 0 Å². The minimum atomic E-state index is -3.01. The van der Waals surface area contributed by atoms with Crippen LogP contribution < -0.4 is 30.5 Å². The minimum Gasteiger partial charge on any atom is -0.456 e. The van der Waals surface area contributed by atoms with Gasteiger partial charge in [0.1, 0.15) is 22.3 Å². The monoisotopic (exact) mass is 806 g/mol. The van der Waals surface area contributed by atoms with Gasteiger partial charge in [0.15, 0.2) is 8.07 Å². The third-order valence-electron chi connectivity index (χ3n) is 12.2. The zero-order chi connectivity index (χ0) is 39.8. The van der Waals surface area contributed by atoms with Crippen LogP contribution in [0.1, 0.15) is 0 Å². The second-order valence-corrected chi connectivity index (χ2v) is 19.6. The van der Waals surface area contributed by atoms with E-state index in [4.69, 9.17) is 20.4 Å². The molecule has 4 nitrogen and oxygen atoms in total.